The van der Waals surface area contributed by atoms with Crippen molar-refractivity contribution in [2.24, 2.45) is 5.92 Å². The molecule has 1 aliphatic rings. The Morgan fingerprint density at radius 1 is 1.21 bits per heavy atom. The molecule has 0 bridgehead atoms. The second-order valence-corrected chi connectivity index (χ2v) is 7.77. The smallest absolute Gasteiger partial charge is 0.337 e. The zero-order valence-corrected chi connectivity index (χ0v) is 16.5. The van der Waals surface area contributed by atoms with Crippen LogP contribution >= 0.6 is 0 Å². The van der Waals surface area contributed by atoms with E-state index in [1.54, 1.807) is 13.0 Å². The monoisotopic (exact) mass is 396 g/mol. The van der Waals surface area contributed by atoms with Crippen molar-refractivity contribution in [1.82, 2.24) is 15.1 Å². The number of carbonyl (C=O) groups excluding carboxylic acids is 1. The summed E-state index contributed by atoms with van der Waals surface area (Å²) >= 11 is 0. The highest BCUT2D eigenvalue weighted by Gasteiger charge is 2.32. The first-order valence-electron chi connectivity index (χ1n) is 9.36. The number of benzene rings is 1. The predicted molar refractivity (Wildman–Crippen MR) is 100 cm³/mol. The number of rotatable bonds is 6. The van der Waals surface area contributed by atoms with Crippen LogP contribution in [0, 0.1) is 17.2 Å². The number of carbonyl (C=O) groups is 1. The summed E-state index contributed by atoms with van der Waals surface area (Å²) in [5.74, 6) is -0.199. The number of piperazine rings is 1. The lowest BCUT2D eigenvalue weighted by Crippen LogP contribution is -2.54. The summed E-state index contributed by atoms with van der Waals surface area (Å²) in [5.41, 5.74) is -0.906. The molecule has 0 radical (unpaired) electrons. The molecule has 8 heteroatoms. The van der Waals surface area contributed by atoms with Crippen molar-refractivity contribution in [3.8, 4) is 6.07 Å². The molecule has 28 heavy (non-hydrogen) atoms. The Hall–Kier alpha value is -2.11. The van der Waals surface area contributed by atoms with Crippen LogP contribution < -0.4 is 5.32 Å². The van der Waals surface area contributed by atoms with Crippen LogP contribution in [0.15, 0.2) is 24.3 Å². The Labute approximate surface area is 164 Å². The van der Waals surface area contributed by atoms with Gasteiger partial charge < -0.3 is 5.32 Å². The van der Waals surface area contributed by atoms with Gasteiger partial charge in [-0.1, -0.05) is 32.0 Å². The van der Waals surface area contributed by atoms with Crippen molar-refractivity contribution in [1.29, 1.82) is 5.26 Å². The van der Waals surface area contributed by atoms with Crippen LogP contribution in [0.3, 0.4) is 0 Å². The minimum absolute atomic E-state index is 0.00856. The molecule has 2 rings (SSSR count). The quantitative estimate of drug-likeness (QED) is 0.803. The van der Waals surface area contributed by atoms with Crippen molar-refractivity contribution in [3.05, 3.63) is 35.4 Å². The third kappa shape index (κ3) is 5.94. The molecule has 0 aromatic heterocycles. The number of nitrogens with one attached hydrogen (secondary N) is 1. The molecule has 1 aromatic carbocycles. The summed E-state index contributed by atoms with van der Waals surface area (Å²) in [6, 6.07) is 7.55. The van der Waals surface area contributed by atoms with E-state index in [0.29, 0.717) is 38.3 Å². The third-order valence-electron chi connectivity index (χ3n) is 5.28. The Morgan fingerprint density at radius 2 is 1.82 bits per heavy atom. The summed E-state index contributed by atoms with van der Waals surface area (Å²) in [5, 5.41) is 12.1. The van der Waals surface area contributed by atoms with Crippen LogP contribution in [0.4, 0.5) is 13.2 Å². The van der Waals surface area contributed by atoms with E-state index in [4.69, 9.17) is 0 Å². The van der Waals surface area contributed by atoms with Gasteiger partial charge in [-0.15, -0.1) is 0 Å². The number of nitriles is 1. The standard InChI is InChI=1S/C20H27F3N4O/c1-15(2)19(3,14-24)25-18(28)13-27-9-7-26(8-10-27)12-16-5-4-6-17(11-16)20(21,22)23/h4-6,11,15H,7-10,12-13H2,1-3H3,(H,25,28)/t19-/m0/s1. The van der Waals surface area contributed by atoms with Gasteiger partial charge >= 0.3 is 6.18 Å². The molecule has 1 aliphatic heterocycles. The van der Waals surface area contributed by atoms with Crippen molar-refractivity contribution >= 4 is 5.91 Å². The first-order chi connectivity index (χ1) is 13.0. The first kappa shape index (κ1) is 22.2. The average Bonchev–Trinajstić information content (AvgIpc) is 2.62. The number of hydrogen-bond donors (Lipinski definition) is 1. The van der Waals surface area contributed by atoms with Crippen LogP contribution in [-0.4, -0.2) is 54.0 Å². The molecule has 1 amide bonds. The second-order valence-electron chi connectivity index (χ2n) is 7.77. The summed E-state index contributed by atoms with van der Waals surface area (Å²) in [7, 11) is 0. The molecule has 1 aromatic rings. The third-order valence-corrected chi connectivity index (χ3v) is 5.28. The number of halogens is 3. The molecule has 1 saturated heterocycles. The summed E-state index contributed by atoms with van der Waals surface area (Å²) in [6.07, 6.45) is -4.34. The zero-order valence-electron chi connectivity index (χ0n) is 16.5. The minimum atomic E-state index is -4.34. The summed E-state index contributed by atoms with van der Waals surface area (Å²) in [4.78, 5) is 16.3. The lowest BCUT2D eigenvalue weighted by atomic mass is 9.90. The van der Waals surface area contributed by atoms with Gasteiger partial charge in [0.25, 0.3) is 0 Å². The first-order valence-corrected chi connectivity index (χ1v) is 9.36. The summed E-state index contributed by atoms with van der Waals surface area (Å²) < 4.78 is 38.5. The molecule has 154 valence electrons. The highest BCUT2D eigenvalue weighted by atomic mass is 19.4. The van der Waals surface area contributed by atoms with Crippen LogP contribution in [0.25, 0.3) is 0 Å². The van der Waals surface area contributed by atoms with Crippen molar-refractivity contribution < 1.29 is 18.0 Å². The Morgan fingerprint density at radius 3 is 2.36 bits per heavy atom. The highest BCUT2D eigenvalue weighted by molar-refractivity contribution is 5.79. The SMILES string of the molecule is CC(C)[C@](C)(C#N)NC(=O)CN1CCN(Cc2cccc(C(F)(F)F)c2)CC1. The van der Waals surface area contributed by atoms with Gasteiger partial charge in [0.1, 0.15) is 5.54 Å². The van der Waals surface area contributed by atoms with Gasteiger partial charge in [0.15, 0.2) is 0 Å². The lowest BCUT2D eigenvalue weighted by Gasteiger charge is -2.35. The average molecular weight is 396 g/mol. The Bertz CT molecular complexity index is 721. The van der Waals surface area contributed by atoms with Gasteiger partial charge in [0.2, 0.25) is 5.91 Å². The van der Waals surface area contributed by atoms with Gasteiger partial charge in [-0.3, -0.25) is 14.6 Å². The van der Waals surface area contributed by atoms with E-state index in [2.05, 4.69) is 16.3 Å². The van der Waals surface area contributed by atoms with E-state index in [9.17, 15) is 23.2 Å². The van der Waals surface area contributed by atoms with E-state index in [1.807, 2.05) is 18.7 Å². The number of nitrogens with zero attached hydrogens (tertiary/aromatic N) is 3. The second kappa shape index (κ2) is 8.93. The fraction of sp³-hybridized carbons (Fsp3) is 0.600. The molecule has 5 nitrogen and oxygen atoms in total. The maximum absolute atomic E-state index is 12.8. The van der Waals surface area contributed by atoms with Crippen LogP contribution in [0.2, 0.25) is 0 Å². The van der Waals surface area contributed by atoms with E-state index in [0.717, 1.165) is 6.07 Å². The molecular weight excluding hydrogens is 369 g/mol. The van der Waals surface area contributed by atoms with E-state index >= 15 is 0 Å². The van der Waals surface area contributed by atoms with E-state index < -0.39 is 17.3 Å². The topological polar surface area (TPSA) is 59.4 Å². The molecule has 0 saturated carbocycles. The maximum atomic E-state index is 12.8. The van der Waals surface area contributed by atoms with Crippen molar-refractivity contribution in [2.45, 2.75) is 39.0 Å². The molecule has 1 N–H and O–H groups in total. The highest BCUT2D eigenvalue weighted by Crippen LogP contribution is 2.29. The Kier molecular flexibility index (Phi) is 7.07. The fourth-order valence-corrected chi connectivity index (χ4v) is 3.04. The van der Waals surface area contributed by atoms with E-state index in [1.165, 1.54) is 12.1 Å². The number of alkyl halides is 3. The molecule has 1 atom stereocenters. The summed E-state index contributed by atoms with van der Waals surface area (Å²) in [6.45, 7) is 8.78. The van der Waals surface area contributed by atoms with Gasteiger partial charge in [-0.05, 0) is 24.5 Å². The molecule has 0 unspecified atom stereocenters. The molecule has 0 aliphatic carbocycles. The fourth-order valence-electron chi connectivity index (χ4n) is 3.04. The van der Waals surface area contributed by atoms with Gasteiger partial charge in [-0.25, -0.2) is 0 Å². The van der Waals surface area contributed by atoms with Crippen molar-refractivity contribution in [3.63, 3.8) is 0 Å². The van der Waals surface area contributed by atoms with Crippen LogP contribution in [-0.2, 0) is 17.5 Å². The minimum Gasteiger partial charge on any atom is -0.337 e. The Balaban J connectivity index is 1.83. The van der Waals surface area contributed by atoms with Gasteiger partial charge in [0.05, 0.1) is 18.2 Å². The van der Waals surface area contributed by atoms with Gasteiger partial charge in [-0.2, -0.15) is 18.4 Å². The maximum Gasteiger partial charge on any atom is 0.416 e. The van der Waals surface area contributed by atoms with Crippen LogP contribution in [0.5, 0.6) is 0 Å². The normalized spacial score (nSPS) is 18.5. The lowest BCUT2D eigenvalue weighted by molar-refractivity contribution is -0.137. The number of amides is 1. The molecule has 1 fully saturated rings. The molecule has 1 heterocycles. The van der Waals surface area contributed by atoms with Crippen LogP contribution in [0.1, 0.15) is 31.9 Å². The number of hydrogen-bond acceptors (Lipinski definition) is 4. The zero-order chi connectivity index (χ0) is 20.9. The largest absolute Gasteiger partial charge is 0.416 e. The predicted octanol–water partition coefficient (Wildman–Crippen LogP) is 2.88. The molecular formula is C20H27F3N4O. The molecule has 0 spiro atoms. The van der Waals surface area contributed by atoms with E-state index in [-0.39, 0.29) is 18.4 Å². The van der Waals surface area contributed by atoms with Crippen molar-refractivity contribution in [2.75, 3.05) is 32.7 Å². The van der Waals surface area contributed by atoms with Gasteiger partial charge in [0, 0.05) is 32.7 Å².